The zero-order valence-corrected chi connectivity index (χ0v) is 13.4. The lowest BCUT2D eigenvalue weighted by atomic mass is 10.2. The number of benzene rings is 2. The third-order valence-electron chi connectivity index (χ3n) is 2.53. The number of nitrogens with one attached hydrogen (secondary N) is 1. The molecular formula is C12H8BrClF2N2O2S. The molecule has 21 heavy (non-hydrogen) atoms. The predicted octanol–water partition coefficient (Wildman–Crippen LogP) is 3.76. The Balaban J connectivity index is 2.42. The topological polar surface area (TPSA) is 72.2 Å². The molecule has 9 heteroatoms. The van der Waals surface area contributed by atoms with Crippen molar-refractivity contribution in [3.63, 3.8) is 0 Å². The smallest absolute Gasteiger partial charge is 0.262 e. The van der Waals surface area contributed by atoms with Crippen molar-refractivity contribution in [3.05, 3.63) is 51.5 Å². The molecule has 2 aromatic rings. The van der Waals surface area contributed by atoms with E-state index in [0.717, 1.165) is 6.07 Å². The standard InChI is InChI=1S/C12H8BrClF2N2O2S/c13-7-3-6(1-2-8(7)14)21(19,20)18-12-5-11(17)9(15)4-10(12)16/h1-5,18H,17H2. The van der Waals surface area contributed by atoms with Crippen LogP contribution in [0.4, 0.5) is 20.2 Å². The van der Waals surface area contributed by atoms with Crippen LogP contribution >= 0.6 is 27.5 Å². The fourth-order valence-corrected chi connectivity index (χ4v) is 3.22. The number of halogens is 4. The van der Waals surface area contributed by atoms with Gasteiger partial charge >= 0.3 is 0 Å². The normalized spacial score (nSPS) is 11.4. The summed E-state index contributed by atoms with van der Waals surface area (Å²) >= 11 is 8.87. The molecule has 2 rings (SSSR count). The molecule has 3 N–H and O–H groups in total. The molecule has 4 nitrogen and oxygen atoms in total. The Morgan fingerprint density at radius 3 is 2.43 bits per heavy atom. The monoisotopic (exact) mass is 396 g/mol. The highest BCUT2D eigenvalue weighted by molar-refractivity contribution is 9.10. The Morgan fingerprint density at radius 1 is 1.14 bits per heavy atom. The fraction of sp³-hybridized carbons (Fsp3) is 0. The summed E-state index contributed by atoms with van der Waals surface area (Å²) in [4.78, 5) is -0.138. The molecule has 0 aliphatic carbocycles. The van der Waals surface area contributed by atoms with Gasteiger partial charge in [-0.15, -0.1) is 0 Å². The van der Waals surface area contributed by atoms with Gasteiger partial charge < -0.3 is 5.73 Å². The number of hydrogen-bond donors (Lipinski definition) is 2. The van der Waals surface area contributed by atoms with Crippen LogP contribution in [0.1, 0.15) is 0 Å². The second kappa shape index (κ2) is 5.78. The summed E-state index contributed by atoms with van der Waals surface area (Å²) in [5.74, 6) is -2.04. The molecule has 112 valence electrons. The highest BCUT2D eigenvalue weighted by atomic mass is 79.9. The minimum atomic E-state index is -4.06. The van der Waals surface area contributed by atoms with Gasteiger partial charge in [-0.1, -0.05) is 11.6 Å². The van der Waals surface area contributed by atoms with Crippen LogP contribution in [-0.4, -0.2) is 8.42 Å². The summed E-state index contributed by atoms with van der Waals surface area (Å²) in [5.41, 5.74) is 4.48. The molecule has 0 saturated heterocycles. The Hall–Kier alpha value is -1.38. The molecule has 0 atom stereocenters. The molecule has 0 fully saturated rings. The first-order valence-corrected chi connectivity index (χ1v) is 8.08. The van der Waals surface area contributed by atoms with Crippen LogP contribution in [0, 0.1) is 11.6 Å². The minimum absolute atomic E-state index is 0.138. The molecule has 0 radical (unpaired) electrons. The Morgan fingerprint density at radius 2 is 1.81 bits per heavy atom. The molecule has 0 aliphatic rings. The average molecular weight is 398 g/mol. The van der Waals surface area contributed by atoms with Crippen molar-refractivity contribution < 1.29 is 17.2 Å². The van der Waals surface area contributed by atoms with Gasteiger partial charge in [0, 0.05) is 10.5 Å². The second-order valence-corrected chi connectivity index (χ2v) is 6.98. The van der Waals surface area contributed by atoms with E-state index in [9.17, 15) is 17.2 Å². The number of nitrogen functional groups attached to an aromatic ring is 1. The van der Waals surface area contributed by atoms with E-state index in [1.165, 1.54) is 18.2 Å². The lowest BCUT2D eigenvalue weighted by molar-refractivity contribution is 0.585. The molecular weight excluding hydrogens is 390 g/mol. The maximum atomic E-state index is 13.6. The summed E-state index contributed by atoms with van der Waals surface area (Å²) in [7, 11) is -4.06. The van der Waals surface area contributed by atoms with Gasteiger partial charge in [-0.05, 0) is 40.2 Å². The van der Waals surface area contributed by atoms with Gasteiger partial charge in [0.2, 0.25) is 0 Å². The number of nitrogens with two attached hydrogens (primary N) is 1. The minimum Gasteiger partial charge on any atom is -0.396 e. The Labute approximate surface area is 133 Å². The summed E-state index contributed by atoms with van der Waals surface area (Å²) in [6, 6.07) is 5.25. The van der Waals surface area contributed by atoms with Crippen LogP contribution in [0.25, 0.3) is 0 Å². The van der Waals surface area contributed by atoms with Crippen LogP contribution in [0.3, 0.4) is 0 Å². The van der Waals surface area contributed by atoms with Crippen LogP contribution in [0.2, 0.25) is 5.02 Å². The van der Waals surface area contributed by atoms with Crippen molar-refractivity contribution in [2.24, 2.45) is 0 Å². The number of sulfonamides is 1. The van der Waals surface area contributed by atoms with E-state index < -0.39 is 27.3 Å². The van der Waals surface area contributed by atoms with Gasteiger partial charge in [0.15, 0.2) is 0 Å². The molecule has 0 saturated carbocycles. The van der Waals surface area contributed by atoms with E-state index in [1.54, 1.807) is 0 Å². The van der Waals surface area contributed by atoms with Crippen molar-refractivity contribution in [2.75, 3.05) is 10.5 Å². The third-order valence-corrected chi connectivity index (χ3v) is 5.11. The van der Waals surface area contributed by atoms with E-state index in [2.05, 4.69) is 15.9 Å². The van der Waals surface area contributed by atoms with E-state index in [-0.39, 0.29) is 10.6 Å². The first-order chi connectivity index (χ1) is 9.70. The van der Waals surface area contributed by atoms with Crippen LogP contribution < -0.4 is 10.5 Å². The Kier molecular flexibility index (Phi) is 4.40. The maximum absolute atomic E-state index is 13.6. The fourth-order valence-electron chi connectivity index (χ4n) is 1.49. The largest absolute Gasteiger partial charge is 0.396 e. The second-order valence-electron chi connectivity index (χ2n) is 4.03. The van der Waals surface area contributed by atoms with Gasteiger partial charge in [0.25, 0.3) is 10.0 Å². The average Bonchev–Trinajstić information content (AvgIpc) is 2.39. The molecule has 2 aromatic carbocycles. The molecule has 0 heterocycles. The lowest BCUT2D eigenvalue weighted by Crippen LogP contribution is -2.14. The van der Waals surface area contributed by atoms with Crippen molar-refractivity contribution >= 4 is 48.9 Å². The number of hydrogen-bond acceptors (Lipinski definition) is 3. The first-order valence-electron chi connectivity index (χ1n) is 5.43. The lowest BCUT2D eigenvalue weighted by Gasteiger charge is -2.10. The molecule has 0 aliphatic heterocycles. The predicted molar refractivity (Wildman–Crippen MR) is 80.7 cm³/mol. The van der Waals surface area contributed by atoms with Crippen LogP contribution in [0.15, 0.2) is 39.7 Å². The zero-order chi connectivity index (χ0) is 15.8. The van der Waals surface area contributed by atoms with Gasteiger partial charge in [-0.3, -0.25) is 4.72 Å². The van der Waals surface area contributed by atoms with Crippen LogP contribution in [-0.2, 0) is 10.0 Å². The first kappa shape index (κ1) is 16.0. The van der Waals surface area contributed by atoms with E-state index in [1.807, 2.05) is 4.72 Å². The summed E-state index contributed by atoms with van der Waals surface area (Å²) in [6.07, 6.45) is 0. The quantitative estimate of drug-likeness (QED) is 0.775. The SMILES string of the molecule is Nc1cc(NS(=O)(=O)c2ccc(Cl)c(Br)c2)c(F)cc1F. The van der Waals surface area contributed by atoms with Crippen molar-refractivity contribution in [2.45, 2.75) is 4.90 Å². The highest BCUT2D eigenvalue weighted by Crippen LogP contribution is 2.28. The molecule has 0 bridgehead atoms. The third kappa shape index (κ3) is 3.45. The highest BCUT2D eigenvalue weighted by Gasteiger charge is 2.18. The summed E-state index contributed by atoms with van der Waals surface area (Å²) in [5, 5.41) is 0.325. The van der Waals surface area contributed by atoms with Gasteiger partial charge in [0.1, 0.15) is 11.6 Å². The number of anilines is 2. The summed E-state index contributed by atoms with van der Waals surface area (Å²) in [6.45, 7) is 0. The molecule has 0 aromatic heterocycles. The van der Waals surface area contributed by atoms with Crippen LogP contribution in [0.5, 0.6) is 0 Å². The van der Waals surface area contributed by atoms with E-state index in [4.69, 9.17) is 17.3 Å². The van der Waals surface area contributed by atoms with Crippen molar-refractivity contribution in [1.82, 2.24) is 0 Å². The Bertz CT molecular complexity index is 815. The maximum Gasteiger partial charge on any atom is 0.262 e. The van der Waals surface area contributed by atoms with Gasteiger partial charge in [0.05, 0.1) is 21.3 Å². The van der Waals surface area contributed by atoms with Crippen molar-refractivity contribution in [3.8, 4) is 0 Å². The van der Waals surface area contributed by atoms with Gasteiger partial charge in [-0.2, -0.15) is 0 Å². The van der Waals surface area contributed by atoms with Crippen molar-refractivity contribution in [1.29, 1.82) is 0 Å². The molecule has 0 spiro atoms. The van der Waals surface area contributed by atoms with E-state index in [0.29, 0.717) is 15.6 Å². The zero-order valence-electron chi connectivity index (χ0n) is 10.2. The van der Waals surface area contributed by atoms with E-state index >= 15 is 0 Å². The molecule has 0 amide bonds. The number of rotatable bonds is 3. The van der Waals surface area contributed by atoms with Gasteiger partial charge in [-0.25, -0.2) is 17.2 Å². The summed E-state index contributed by atoms with van der Waals surface area (Å²) < 4.78 is 53.3. The molecule has 0 unspecified atom stereocenters.